The molecule has 2 heterocycles. The second-order valence-electron chi connectivity index (χ2n) is 7.66. The monoisotopic (exact) mass is 398 g/mol. The molecule has 0 spiro atoms. The minimum absolute atomic E-state index is 0.352. The Morgan fingerprint density at radius 3 is 1.60 bits per heavy atom. The fourth-order valence-corrected chi connectivity index (χ4v) is 4.50. The molecular weight excluding hydrogens is 376 g/mol. The summed E-state index contributed by atoms with van der Waals surface area (Å²) in [4.78, 5) is 7.07. The zero-order valence-electron chi connectivity index (χ0n) is 16.5. The third kappa shape index (κ3) is 2.55. The van der Waals surface area contributed by atoms with E-state index in [9.17, 15) is 15.3 Å². The number of H-pyrrole nitrogens is 2. The molecule has 5 nitrogen and oxygen atoms in total. The number of phenolic OH excluding ortho intramolecular Hbond substituents is 3. The molecule has 0 radical (unpaired) electrons. The average Bonchev–Trinajstić information content (AvgIpc) is 3.37. The zero-order chi connectivity index (χ0) is 20.9. The number of phenols is 3. The molecule has 0 aliphatic rings. The van der Waals surface area contributed by atoms with Gasteiger partial charge in [-0.1, -0.05) is 43.3 Å². The third-order valence-corrected chi connectivity index (χ3v) is 6.07. The van der Waals surface area contributed by atoms with Gasteiger partial charge in [-0.25, -0.2) is 0 Å². The summed E-state index contributed by atoms with van der Waals surface area (Å²) in [5.74, 6) is -1.22. The summed E-state index contributed by atoms with van der Waals surface area (Å²) in [5.41, 5.74) is 3.85. The van der Waals surface area contributed by atoms with Gasteiger partial charge in [0.15, 0.2) is 17.2 Å². The molecule has 0 amide bonds. The molecule has 2 aromatic heterocycles. The Kier molecular flexibility index (Phi) is 4.00. The van der Waals surface area contributed by atoms with Crippen molar-refractivity contribution in [1.29, 1.82) is 0 Å². The van der Waals surface area contributed by atoms with Crippen LogP contribution < -0.4 is 0 Å². The molecule has 5 heteroatoms. The van der Waals surface area contributed by atoms with Crippen LogP contribution in [-0.4, -0.2) is 25.3 Å². The summed E-state index contributed by atoms with van der Waals surface area (Å²) >= 11 is 0. The van der Waals surface area contributed by atoms with Gasteiger partial charge in [0.05, 0.1) is 5.41 Å². The van der Waals surface area contributed by atoms with E-state index in [0.29, 0.717) is 12.0 Å². The first kappa shape index (κ1) is 18.2. The van der Waals surface area contributed by atoms with Crippen LogP contribution in [0.15, 0.2) is 72.8 Å². The number of aromatic hydroxyl groups is 3. The van der Waals surface area contributed by atoms with Gasteiger partial charge in [0.1, 0.15) is 0 Å². The molecule has 150 valence electrons. The summed E-state index contributed by atoms with van der Waals surface area (Å²) < 4.78 is 0. The van der Waals surface area contributed by atoms with Crippen LogP contribution in [0.4, 0.5) is 0 Å². The predicted octanol–water partition coefficient (Wildman–Crippen LogP) is 5.51. The van der Waals surface area contributed by atoms with Gasteiger partial charge in [-0.2, -0.15) is 0 Å². The Balaban J connectivity index is 1.86. The maximum atomic E-state index is 10.3. The molecule has 0 aliphatic heterocycles. The number of aromatic amines is 2. The highest BCUT2D eigenvalue weighted by molar-refractivity contribution is 5.83. The first-order chi connectivity index (χ1) is 14.5. The first-order valence-electron chi connectivity index (χ1n) is 9.95. The number of para-hydroxylation sites is 2. The highest BCUT2D eigenvalue weighted by Gasteiger charge is 2.39. The summed E-state index contributed by atoms with van der Waals surface area (Å²) in [6.45, 7) is 2.07. The van der Waals surface area contributed by atoms with Crippen molar-refractivity contribution in [1.82, 2.24) is 9.97 Å². The molecule has 0 aliphatic carbocycles. The highest BCUT2D eigenvalue weighted by atomic mass is 16.3. The highest BCUT2D eigenvalue weighted by Crippen LogP contribution is 2.47. The van der Waals surface area contributed by atoms with Crippen LogP contribution >= 0.6 is 0 Å². The van der Waals surface area contributed by atoms with Gasteiger partial charge in [-0.15, -0.1) is 0 Å². The Labute approximate surface area is 173 Å². The fraction of sp³-hybridized carbons (Fsp3) is 0.120. The third-order valence-electron chi connectivity index (χ3n) is 6.07. The van der Waals surface area contributed by atoms with Crippen molar-refractivity contribution in [3.8, 4) is 17.2 Å². The summed E-state index contributed by atoms with van der Waals surface area (Å²) in [7, 11) is 0. The van der Waals surface area contributed by atoms with Crippen LogP contribution in [0.5, 0.6) is 17.2 Å². The molecule has 0 atom stereocenters. The van der Waals surface area contributed by atoms with Gasteiger partial charge in [-0.3, -0.25) is 0 Å². The van der Waals surface area contributed by atoms with Crippen LogP contribution in [0, 0.1) is 0 Å². The lowest BCUT2D eigenvalue weighted by Gasteiger charge is -2.32. The maximum Gasteiger partial charge on any atom is 0.200 e. The minimum Gasteiger partial charge on any atom is -0.504 e. The van der Waals surface area contributed by atoms with E-state index in [-0.39, 0.29) is 11.5 Å². The summed E-state index contributed by atoms with van der Waals surface area (Å²) in [6.07, 6.45) is 0.649. The largest absolute Gasteiger partial charge is 0.504 e. The Morgan fingerprint density at radius 2 is 1.17 bits per heavy atom. The van der Waals surface area contributed by atoms with Crippen molar-refractivity contribution in [3.63, 3.8) is 0 Å². The number of rotatable bonds is 4. The SMILES string of the molecule is CCC(c1cc(O)c(O)c(O)c1)(c1cc2ccccc2[nH]1)c1cc2ccccc2[nH]1. The van der Waals surface area contributed by atoms with Crippen LogP contribution in [0.25, 0.3) is 21.8 Å². The van der Waals surface area contributed by atoms with Crippen molar-refractivity contribution >= 4 is 21.8 Å². The van der Waals surface area contributed by atoms with Gasteiger partial charge < -0.3 is 25.3 Å². The Bertz CT molecular complexity index is 1220. The van der Waals surface area contributed by atoms with E-state index in [0.717, 1.165) is 33.2 Å². The van der Waals surface area contributed by atoms with E-state index in [1.165, 1.54) is 12.1 Å². The van der Waals surface area contributed by atoms with E-state index in [1.54, 1.807) is 0 Å². The van der Waals surface area contributed by atoms with Gasteiger partial charge in [0.25, 0.3) is 0 Å². The molecular formula is C25H22N2O3. The number of nitrogens with one attached hydrogen (secondary N) is 2. The molecule has 5 N–H and O–H groups in total. The molecule has 0 saturated heterocycles. The molecule has 5 rings (SSSR count). The number of aromatic nitrogens is 2. The van der Waals surface area contributed by atoms with Gasteiger partial charge in [-0.05, 0) is 59.2 Å². The number of hydrogen-bond acceptors (Lipinski definition) is 3. The molecule has 3 aromatic carbocycles. The molecule has 0 saturated carbocycles. The minimum atomic E-state index is -0.708. The van der Waals surface area contributed by atoms with E-state index in [1.807, 2.05) is 48.5 Å². The molecule has 5 aromatic rings. The smallest absolute Gasteiger partial charge is 0.200 e. The lowest BCUT2D eigenvalue weighted by atomic mass is 9.72. The van der Waals surface area contributed by atoms with Gasteiger partial charge in [0.2, 0.25) is 0 Å². The Hall–Kier alpha value is -3.86. The number of fused-ring (bicyclic) bond motifs is 2. The standard InChI is InChI=1S/C25H22N2O3/c1-2-25(17-13-20(28)24(30)21(29)14-17,22-11-15-7-3-5-9-18(15)26-22)23-12-16-8-4-6-10-19(16)27-23/h3-14,26-30H,2H2,1H3. The molecule has 0 unspecified atom stereocenters. The Morgan fingerprint density at radius 1 is 0.700 bits per heavy atom. The van der Waals surface area contributed by atoms with Gasteiger partial charge >= 0.3 is 0 Å². The van der Waals surface area contributed by atoms with E-state index in [2.05, 4.69) is 29.0 Å². The zero-order valence-corrected chi connectivity index (χ0v) is 16.5. The first-order valence-corrected chi connectivity index (χ1v) is 9.95. The van der Waals surface area contributed by atoms with Gasteiger partial charge in [0, 0.05) is 22.4 Å². The number of benzene rings is 3. The maximum absolute atomic E-state index is 10.3. The number of hydrogen-bond donors (Lipinski definition) is 5. The van der Waals surface area contributed by atoms with Crippen LogP contribution in [-0.2, 0) is 5.41 Å². The van der Waals surface area contributed by atoms with Crippen molar-refractivity contribution in [2.45, 2.75) is 18.8 Å². The topological polar surface area (TPSA) is 92.3 Å². The lowest BCUT2D eigenvalue weighted by Crippen LogP contribution is -2.29. The summed E-state index contributed by atoms with van der Waals surface area (Å²) in [5, 5.41) is 32.6. The average molecular weight is 398 g/mol. The van der Waals surface area contributed by atoms with E-state index < -0.39 is 11.2 Å². The van der Waals surface area contributed by atoms with Crippen molar-refractivity contribution in [2.75, 3.05) is 0 Å². The van der Waals surface area contributed by atoms with Crippen molar-refractivity contribution in [3.05, 3.63) is 89.7 Å². The second kappa shape index (κ2) is 6.59. The quantitative estimate of drug-likeness (QED) is 0.258. The lowest BCUT2D eigenvalue weighted by molar-refractivity contribution is 0.365. The van der Waals surface area contributed by atoms with Crippen molar-refractivity contribution in [2.24, 2.45) is 0 Å². The predicted molar refractivity (Wildman–Crippen MR) is 118 cm³/mol. The van der Waals surface area contributed by atoms with Crippen LogP contribution in [0.1, 0.15) is 30.3 Å². The normalized spacial score (nSPS) is 12.0. The molecule has 30 heavy (non-hydrogen) atoms. The molecule has 0 fully saturated rings. The molecule has 0 bridgehead atoms. The van der Waals surface area contributed by atoms with Crippen LogP contribution in [0.3, 0.4) is 0 Å². The van der Waals surface area contributed by atoms with E-state index in [4.69, 9.17) is 0 Å². The van der Waals surface area contributed by atoms with E-state index >= 15 is 0 Å². The fourth-order valence-electron chi connectivity index (χ4n) is 4.50. The van der Waals surface area contributed by atoms with Crippen LogP contribution in [0.2, 0.25) is 0 Å². The summed E-state index contributed by atoms with van der Waals surface area (Å²) in [6, 6.07) is 23.4. The van der Waals surface area contributed by atoms with Crippen molar-refractivity contribution < 1.29 is 15.3 Å². The second-order valence-corrected chi connectivity index (χ2v) is 7.66.